The number of aryl methyl sites for hydroxylation is 1. The van der Waals surface area contributed by atoms with E-state index in [9.17, 15) is 4.79 Å². The Hall–Kier alpha value is -1.94. The van der Waals surface area contributed by atoms with Crippen molar-refractivity contribution in [2.45, 2.75) is 18.6 Å². The van der Waals surface area contributed by atoms with Gasteiger partial charge in [0, 0.05) is 29.8 Å². The summed E-state index contributed by atoms with van der Waals surface area (Å²) in [6.45, 7) is 3.76. The highest BCUT2D eigenvalue weighted by atomic mass is 32.2. The predicted molar refractivity (Wildman–Crippen MR) is 98.0 cm³/mol. The van der Waals surface area contributed by atoms with Gasteiger partial charge in [0.1, 0.15) is 0 Å². The van der Waals surface area contributed by atoms with Crippen LogP contribution in [0.2, 0.25) is 0 Å². The van der Waals surface area contributed by atoms with Gasteiger partial charge in [0.05, 0.1) is 0 Å². The number of hydrogen-bond donors (Lipinski definition) is 1. The van der Waals surface area contributed by atoms with Gasteiger partial charge in [-0.25, -0.2) is 4.79 Å². The molecule has 1 N–H and O–H groups in total. The first-order valence-corrected chi connectivity index (χ1v) is 9.07. The van der Waals surface area contributed by atoms with Crippen LogP contribution in [0.1, 0.15) is 22.8 Å². The number of carbonyl (C=O) groups excluding carboxylic acids is 1. The van der Waals surface area contributed by atoms with Crippen LogP contribution < -0.4 is 5.32 Å². The number of hydrogen-bond acceptors (Lipinski definition) is 2. The molecule has 3 rings (SSSR count). The van der Waals surface area contributed by atoms with Crippen LogP contribution in [0, 0.1) is 6.92 Å². The molecule has 0 bridgehead atoms. The van der Waals surface area contributed by atoms with Crippen molar-refractivity contribution in [3.05, 3.63) is 65.7 Å². The number of rotatable bonds is 2. The van der Waals surface area contributed by atoms with Crippen molar-refractivity contribution in [1.29, 1.82) is 0 Å². The van der Waals surface area contributed by atoms with Crippen LogP contribution in [0.15, 0.2) is 54.6 Å². The second-order valence-electron chi connectivity index (χ2n) is 5.79. The predicted octanol–water partition coefficient (Wildman–Crippen LogP) is 4.71. The van der Waals surface area contributed by atoms with Gasteiger partial charge < -0.3 is 10.2 Å². The molecule has 1 aliphatic heterocycles. The molecule has 0 radical (unpaired) electrons. The molecule has 3 nitrogen and oxygen atoms in total. The Morgan fingerprint density at radius 3 is 2.61 bits per heavy atom. The first-order chi connectivity index (χ1) is 11.2. The van der Waals surface area contributed by atoms with E-state index in [1.165, 1.54) is 11.1 Å². The van der Waals surface area contributed by atoms with E-state index in [4.69, 9.17) is 0 Å². The summed E-state index contributed by atoms with van der Waals surface area (Å²) in [6.07, 6.45) is 0.998. The van der Waals surface area contributed by atoms with E-state index in [0.29, 0.717) is 5.25 Å². The van der Waals surface area contributed by atoms with Crippen molar-refractivity contribution in [1.82, 2.24) is 4.90 Å². The van der Waals surface area contributed by atoms with Crippen LogP contribution in [-0.4, -0.2) is 29.8 Å². The fourth-order valence-corrected chi connectivity index (χ4v) is 4.22. The second-order valence-corrected chi connectivity index (χ2v) is 7.10. The molecule has 1 aliphatic rings. The first kappa shape index (κ1) is 15.9. The summed E-state index contributed by atoms with van der Waals surface area (Å²) in [5.74, 6) is 0.973. The number of para-hydroxylation sites is 1. The number of urea groups is 1. The van der Waals surface area contributed by atoms with Crippen LogP contribution in [0.3, 0.4) is 0 Å². The van der Waals surface area contributed by atoms with Crippen molar-refractivity contribution in [3.8, 4) is 0 Å². The van der Waals surface area contributed by atoms with E-state index in [0.717, 1.165) is 31.0 Å². The highest BCUT2D eigenvalue weighted by Gasteiger charge is 2.22. The molecule has 0 aliphatic carbocycles. The Balaban J connectivity index is 1.62. The Bertz CT molecular complexity index is 659. The maximum Gasteiger partial charge on any atom is 0.321 e. The lowest BCUT2D eigenvalue weighted by molar-refractivity contribution is 0.215. The molecule has 120 valence electrons. The maximum atomic E-state index is 12.4. The average Bonchev–Trinajstić information content (AvgIpc) is 2.82. The van der Waals surface area contributed by atoms with E-state index in [1.807, 2.05) is 47.0 Å². The van der Waals surface area contributed by atoms with Gasteiger partial charge in [-0.15, -0.1) is 0 Å². The lowest BCUT2D eigenvalue weighted by Crippen LogP contribution is -2.36. The van der Waals surface area contributed by atoms with Gasteiger partial charge in [-0.2, -0.15) is 11.8 Å². The summed E-state index contributed by atoms with van der Waals surface area (Å²) in [7, 11) is 0. The molecule has 1 atom stereocenters. The minimum atomic E-state index is 0.00207. The monoisotopic (exact) mass is 326 g/mol. The number of amides is 2. The molecule has 2 aromatic carbocycles. The van der Waals surface area contributed by atoms with E-state index in [1.54, 1.807) is 0 Å². The Morgan fingerprint density at radius 1 is 1.09 bits per heavy atom. The third-order valence-corrected chi connectivity index (χ3v) is 5.50. The Labute approximate surface area is 142 Å². The molecule has 0 aromatic heterocycles. The molecular formula is C19H22N2OS. The van der Waals surface area contributed by atoms with Crippen molar-refractivity contribution < 1.29 is 4.79 Å². The minimum absolute atomic E-state index is 0.00207. The highest BCUT2D eigenvalue weighted by Crippen LogP contribution is 2.35. The topological polar surface area (TPSA) is 32.3 Å². The van der Waals surface area contributed by atoms with Gasteiger partial charge in [0.25, 0.3) is 0 Å². The van der Waals surface area contributed by atoms with Crippen molar-refractivity contribution >= 4 is 23.5 Å². The number of nitrogens with zero attached hydrogens (tertiary/aromatic N) is 1. The summed E-state index contributed by atoms with van der Waals surface area (Å²) in [5.41, 5.74) is 3.60. The van der Waals surface area contributed by atoms with Crippen molar-refractivity contribution in [2.24, 2.45) is 0 Å². The number of anilines is 1. The van der Waals surface area contributed by atoms with Crippen molar-refractivity contribution in [3.63, 3.8) is 0 Å². The molecule has 4 heteroatoms. The molecular weight excluding hydrogens is 304 g/mol. The van der Waals surface area contributed by atoms with Gasteiger partial charge in [0.15, 0.2) is 0 Å². The molecule has 2 amide bonds. The molecule has 1 heterocycles. The lowest BCUT2D eigenvalue weighted by atomic mass is 10.0. The van der Waals surface area contributed by atoms with Crippen LogP contribution in [0.4, 0.5) is 10.5 Å². The minimum Gasteiger partial charge on any atom is -0.324 e. The molecule has 0 saturated carbocycles. The normalized spacial score (nSPS) is 18.3. The fourth-order valence-electron chi connectivity index (χ4n) is 2.89. The summed E-state index contributed by atoms with van der Waals surface area (Å²) in [5, 5.41) is 3.46. The quantitative estimate of drug-likeness (QED) is 0.867. The lowest BCUT2D eigenvalue weighted by Gasteiger charge is -2.21. The number of carbonyl (C=O) groups is 1. The maximum absolute atomic E-state index is 12.4. The summed E-state index contributed by atoms with van der Waals surface area (Å²) in [6, 6.07) is 18.2. The number of nitrogens with one attached hydrogen (secondary N) is 1. The van der Waals surface area contributed by atoms with E-state index in [-0.39, 0.29) is 6.03 Å². The molecule has 0 spiro atoms. The summed E-state index contributed by atoms with van der Waals surface area (Å²) in [4.78, 5) is 14.4. The van der Waals surface area contributed by atoms with Crippen LogP contribution in [0.25, 0.3) is 0 Å². The van der Waals surface area contributed by atoms with E-state index in [2.05, 4.69) is 36.5 Å². The highest BCUT2D eigenvalue weighted by molar-refractivity contribution is 7.99. The number of thioether (sulfide) groups is 1. The fraction of sp³-hybridized carbons (Fsp3) is 0.316. The molecule has 23 heavy (non-hydrogen) atoms. The zero-order chi connectivity index (χ0) is 16.1. The molecule has 0 unspecified atom stereocenters. The molecule has 1 fully saturated rings. The van der Waals surface area contributed by atoms with E-state index >= 15 is 0 Å². The third-order valence-electron chi connectivity index (χ3n) is 4.19. The zero-order valence-corrected chi connectivity index (χ0v) is 14.2. The SMILES string of the molecule is Cc1ccccc1[C@H]1CCN(C(=O)Nc2ccccc2)CCS1. The Kier molecular flexibility index (Phi) is 5.23. The van der Waals surface area contributed by atoms with Gasteiger partial charge in [-0.05, 0) is 36.6 Å². The average molecular weight is 326 g/mol. The van der Waals surface area contributed by atoms with E-state index < -0.39 is 0 Å². The van der Waals surface area contributed by atoms with Crippen LogP contribution in [0.5, 0.6) is 0 Å². The largest absolute Gasteiger partial charge is 0.324 e. The smallest absolute Gasteiger partial charge is 0.321 e. The van der Waals surface area contributed by atoms with Crippen molar-refractivity contribution in [2.75, 3.05) is 24.2 Å². The van der Waals surface area contributed by atoms with Gasteiger partial charge in [-0.3, -0.25) is 0 Å². The first-order valence-electron chi connectivity index (χ1n) is 8.02. The summed E-state index contributed by atoms with van der Waals surface area (Å²) < 4.78 is 0. The Morgan fingerprint density at radius 2 is 1.83 bits per heavy atom. The van der Waals surface area contributed by atoms with Crippen LogP contribution in [-0.2, 0) is 0 Å². The zero-order valence-electron chi connectivity index (χ0n) is 13.4. The van der Waals surface area contributed by atoms with Gasteiger partial charge in [0.2, 0.25) is 0 Å². The van der Waals surface area contributed by atoms with Crippen LogP contribution >= 0.6 is 11.8 Å². The van der Waals surface area contributed by atoms with Gasteiger partial charge in [-0.1, -0.05) is 42.5 Å². The standard InChI is InChI=1S/C19H22N2OS/c1-15-7-5-6-10-17(15)18-11-12-21(13-14-23-18)19(22)20-16-8-3-2-4-9-16/h2-10,18H,11-14H2,1H3,(H,20,22)/t18-/m1/s1. The second kappa shape index (κ2) is 7.55. The number of benzene rings is 2. The molecule has 2 aromatic rings. The third kappa shape index (κ3) is 4.08. The molecule has 1 saturated heterocycles. The summed E-state index contributed by atoms with van der Waals surface area (Å²) >= 11 is 1.96. The van der Waals surface area contributed by atoms with Gasteiger partial charge >= 0.3 is 6.03 Å².